The molecule has 16 heteroatoms. The number of Topliss-reactive ketones (excluding diaryl/α,β-unsaturated/α-hetero) is 2. The van der Waals surface area contributed by atoms with Crippen LogP contribution in [0.3, 0.4) is 0 Å². The molecule has 540 valence electrons. The van der Waals surface area contributed by atoms with Gasteiger partial charge < -0.3 is 52.1 Å². The van der Waals surface area contributed by atoms with Gasteiger partial charge in [0.1, 0.15) is 30.4 Å². The normalized spacial score (nSPS) is 41.5. The average molecular weight is 1360 g/mol. The monoisotopic (exact) mass is 1360 g/mol. The van der Waals surface area contributed by atoms with Crippen molar-refractivity contribution in [2.24, 2.45) is 99.6 Å². The molecule has 11 rings (SSSR count). The van der Waals surface area contributed by atoms with Crippen molar-refractivity contribution in [2.75, 3.05) is 13.2 Å². The van der Waals surface area contributed by atoms with Gasteiger partial charge >= 0.3 is 17.9 Å². The van der Waals surface area contributed by atoms with Crippen LogP contribution in [0.2, 0.25) is 0 Å². The largest absolute Gasteiger partial charge is 0.459 e. The maximum Gasteiger partial charge on any atom is 0.338 e. The average Bonchev–Trinajstić information content (AvgIpc) is 1.43. The molecule has 4 aliphatic heterocycles. The lowest BCUT2D eigenvalue weighted by Crippen LogP contribution is -2.59. The minimum Gasteiger partial charge on any atom is -0.459 e. The van der Waals surface area contributed by atoms with Crippen LogP contribution in [-0.2, 0) is 61.7 Å². The predicted molar refractivity (Wildman–Crippen MR) is 371 cm³/mol. The Morgan fingerprint density at radius 1 is 0.520 bits per heavy atom. The third-order valence-corrected chi connectivity index (χ3v) is 26.7. The minimum atomic E-state index is -1.07. The fraction of sp³-hybridized carbons (Fsp3) is 0.720. The van der Waals surface area contributed by atoms with Crippen LogP contribution in [0.5, 0.6) is 0 Å². The van der Waals surface area contributed by atoms with Crippen molar-refractivity contribution < 1.29 is 76.1 Å². The highest BCUT2D eigenvalue weighted by atomic mass is 16.7. The molecule has 0 aromatic heterocycles. The van der Waals surface area contributed by atoms with Crippen LogP contribution in [0.25, 0.3) is 0 Å². The number of esters is 3. The smallest absolute Gasteiger partial charge is 0.338 e. The first-order valence-corrected chi connectivity index (χ1v) is 37.8. The van der Waals surface area contributed by atoms with Gasteiger partial charge in [-0.1, -0.05) is 152 Å². The molecule has 0 N–H and O–H groups in total. The Bertz CT molecular complexity index is 3140. The zero-order chi connectivity index (χ0) is 70.1. The molecule has 3 aromatic carbocycles. The van der Waals surface area contributed by atoms with E-state index in [4.69, 9.17) is 52.1 Å². The predicted octanol–water partition coefficient (Wildman–Crippen LogP) is 15.8. The minimum absolute atomic E-state index is 0.00517. The highest BCUT2D eigenvalue weighted by Crippen LogP contribution is 2.68. The van der Waals surface area contributed by atoms with Crippen LogP contribution >= 0.6 is 0 Å². The molecule has 16 nitrogen and oxygen atoms in total. The van der Waals surface area contributed by atoms with Crippen LogP contribution in [0.4, 0.5) is 0 Å². The van der Waals surface area contributed by atoms with Crippen molar-refractivity contribution in [3.63, 3.8) is 0 Å². The molecule has 0 radical (unpaired) electrons. The van der Waals surface area contributed by atoms with Gasteiger partial charge in [0.25, 0.3) is 0 Å². The second kappa shape index (κ2) is 31.8. The molecule has 4 heterocycles. The van der Waals surface area contributed by atoms with Gasteiger partial charge in [-0.15, -0.1) is 0 Å². The lowest BCUT2D eigenvalue weighted by atomic mass is 9.44. The molecule has 8 aliphatic rings. The Balaban J connectivity index is 0.696. The lowest BCUT2D eigenvalue weighted by molar-refractivity contribution is -0.352. The third-order valence-electron chi connectivity index (χ3n) is 26.7. The SMILES string of the molecule is CCC1O[C@@H](O[C@H]2C(CC)O[C@@H](O[C@H]3C(COC(=O)c4ccccc4)O[C@@H](OC4CCC5(C)C(CCC6C5CCC5(C)C6CC(=O)C5[C@H](C)C(=O)CC[C@H](C)CO[C@@H]5OC(C)[C@H](C)[C@@H](OC(=O)c6ccccc6)C5OC(=O)c5ccccc5)C4)C(C)[C@H]3C)C(C)[C@H]2C)C(C)[C@@H](C)[C@H]1C. The number of fused-ring (bicyclic) bond motifs is 5. The van der Waals surface area contributed by atoms with Crippen molar-refractivity contribution in [1.82, 2.24) is 0 Å². The molecule has 3 aromatic rings. The lowest BCUT2D eigenvalue weighted by Gasteiger charge is -2.61. The molecule has 4 aliphatic carbocycles. The van der Waals surface area contributed by atoms with E-state index in [9.17, 15) is 24.0 Å². The second-order valence-electron chi connectivity index (χ2n) is 32.3. The van der Waals surface area contributed by atoms with E-state index in [0.717, 1.165) is 57.8 Å². The molecule has 0 spiro atoms. The quantitative estimate of drug-likeness (QED) is 0.0495. The molecule has 8 fully saturated rings. The number of ketones is 2. The maximum absolute atomic E-state index is 14.6. The summed E-state index contributed by atoms with van der Waals surface area (Å²) in [4.78, 5) is 69.8. The van der Waals surface area contributed by atoms with E-state index in [0.29, 0.717) is 65.5 Å². The molecule has 16 unspecified atom stereocenters. The first-order valence-electron chi connectivity index (χ1n) is 37.8. The Labute approximate surface area is 584 Å². The first kappa shape index (κ1) is 74.3. The van der Waals surface area contributed by atoms with E-state index >= 15 is 0 Å². The Kier molecular flexibility index (Phi) is 24.1. The molecule has 30 atom stereocenters. The first-order chi connectivity index (χ1) is 46.8. The van der Waals surface area contributed by atoms with Gasteiger partial charge in [0.2, 0.25) is 0 Å². The summed E-state index contributed by atoms with van der Waals surface area (Å²) in [5, 5.41) is 0. The number of carbonyl (C=O) groups excluding carboxylic acids is 5. The summed E-state index contributed by atoms with van der Waals surface area (Å²) >= 11 is 0. The van der Waals surface area contributed by atoms with E-state index < -0.39 is 73.2 Å². The van der Waals surface area contributed by atoms with Crippen LogP contribution in [0.1, 0.15) is 212 Å². The summed E-state index contributed by atoms with van der Waals surface area (Å²) in [6, 6.07) is 26.5. The van der Waals surface area contributed by atoms with Gasteiger partial charge in [0.05, 0.1) is 59.9 Å². The standard InChI is InChI=1S/C82H116O16/c1-16-66-47(5)46(4)50(8)78(92-66)97-70-48(6)52(10)79(93-67(70)17-2)98-71-49(7)51(9)77(94-68(71)44-88-74(85)56-27-21-18-22-28-56)91-60-37-39-81(14)59(41-60)34-35-61-62(81)38-40-82(15)63(61)42-65(84)69(82)54(12)64(83)36-33-45(3)43-89-80-73(96-76(87)58-31-25-20-26-32-58)72(53(11)55(13)90-80)95-75(86)57-29-23-19-24-30-57/h18-32,45-55,59-63,66-73,77-80H,16-17,33-44H2,1-15H3/t45-,46-,47+,48+,49+,50?,51?,52?,53-,54+,55?,59?,60?,61?,62?,63?,66?,67?,68?,69?,70+,71+,72+,73?,77+,78-,79-,80+,81?,82?/m0/s1. The highest BCUT2D eigenvalue weighted by molar-refractivity contribution is 5.92. The molecular formula is C82H116O16. The molecule has 0 amide bonds. The van der Waals surface area contributed by atoms with Gasteiger partial charge in [-0.2, -0.15) is 0 Å². The van der Waals surface area contributed by atoms with Crippen molar-refractivity contribution in [3.05, 3.63) is 108 Å². The van der Waals surface area contributed by atoms with Gasteiger partial charge in [0, 0.05) is 48.3 Å². The summed E-state index contributed by atoms with van der Waals surface area (Å²) in [7, 11) is 0. The molecule has 0 bridgehead atoms. The highest BCUT2D eigenvalue weighted by Gasteiger charge is 2.64. The van der Waals surface area contributed by atoms with Crippen molar-refractivity contribution >= 4 is 29.5 Å². The van der Waals surface area contributed by atoms with Crippen molar-refractivity contribution in [1.29, 1.82) is 0 Å². The van der Waals surface area contributed by atoms with Crippen LogP contribution in [0.15, 0.2) is 91.0 Å². The Hall–Kier alpha value is -4.91. The Morgan fingerprint density at radius 2 is 1.04 bits per heavy atom. The number of hydrogen-bond acceptors (Lipinski definition) is 16. The number of benzene rings is 3. The van der Waals surface area contributed by atoms with Crippen LogP contribution in [0, 0.1) is 99.6 Å². The fourth-order valence-corrected chi connectivity index (χ4v) is 19.4. The summed E-state index contributed by atoms with van der Waals surface area (Å²) in [6.45, 7) is 32.9. The van der Waals surface area contributed by atoms with E-state index in [1.54, 1.807) is 60.7 Å². The van der Waals surface area contributed by atoms with E-state index in [2.05, 4.69) is 76.2 Å². The van der Waals surface area contributed by atoms with Crippen molar-refractivity contribution in [3.8, 4) is 0 Å². The molecule has 4 saturated carbocycles. The third kappa shape index (κ3) is 15.4. The number of hydrogen-bond donors (Lipinski definition) is 0. The van der Waals surface area contributed by atoms with Crippen molar-refractivity contribution in [2.45, 2.75) is 261 Å². The number of carbonyl (C=O) groups is 5. The van der Waals surface area contributed by atoms with E-state index in [1.165, 1.54) is 0 Å². The Morgan fingerprint density at radius 3 is 1.63 bits per heavy atom. The summed E-state index contributed by atoms with van der Waals surface area (Å²) < 4.78 is 73.3. The molecule has 4 saturated heterocycles. The summed E-state index contributed by atoms with van der Waals surface area (Å²) in [5.41, 5.74) is 1.02. The zero-order valence-electron chi connectivity index (χ0n) is 61.3. The van der Waals surface area contributed by atoms with Gasteiger partial charge in [-0.25, -0.2) is 14.4 Å². The van der Waals surface area contributed by atoms with E-state index in [1.807, 2.05) is 58.0 Å². The van der Waals surface area contributed by atoms with Gasteiger partial charge in [-0.3, -0.25) is 9.59 Å². The van der Waals surface area contributed by atoms with Gasteiger partial charge in [0.15, 0.2) is 31.3 Å². The van der Waals surface area contributed by atoms with Crippen LogP contribution in [-0.4, -0.2) is 123 Å². The maximum atomic E-state index is 14.6. The van der Waals surface area contributed by atoms with Crippen LogP contribution < -0.4 is 0 Å². The van der Waals surface area contributed by atoms with Gasteiger partial charge in [-0.05, 0) is 172 Å². The fourth-order valence-electron chi connectivity index (χ4n) is 19.4. The summed E-state index contributed by atoms with van der Waals surface area (Å²) in [5.74, 6) is 0.312. The van der Waals surface area contributed by atoms with E-state index in [-0.39, 0.29) is 120 Å². The number of ether oxygens (including phenoxy) is 11. The number of rotatable bonds is 23. The zero-order valence-corrected chi connectivity index (χ0v) is 61.3. The molecular weight excluding hydrogens is 1240 g/mol. The molecule has 98 heavy (non-hydrogen) atoms. The summed E-state index contributed by atoms with van der Waals surface area (Å²) in [6.07, 6.45) is 3.86. The topological polar surface area (TPSA) is 187 Å². The second-order valence-corrected chi connectivity index (χ2v) is 32.3.